The summed E-state index contributed by atoms with van der Waals surface area (Å²) in [7, 11) is -3.86. The average Bonchev–Trinajstić information content (AvgIpc) is 2.73. The molecule has 0 aromatic heterocycles. The van der Waals surface area contributed by atoms with Crippen molar-refractivity contribution in [3.05, 3.63) is 63.6 Å². The molecule has 2 amide bonds. The molecule has 0 fully saturated rings. The lowest BCUT2D eigenvalue weighted by molar-refractivity contribution is -0.141. The van der Waals surface area contributed by atoms with Gasteiger partial charge in [0.15, 0.2) is 0 Å². The molecule has 2 rings (SSSR count). The van der Waals surface area contributed by atoms with E-state index in [9.17, 15) is 18.0 Å². The molecule has 10 heteroatoms. The molecule has 0 saturated heterocycles. The summed E-state index contributed by atoms with van der Waals surface area (Å²) in [5.41, 5.74) is 1.53. The van der Waals surface area contributed by atoms with Crippen molar-refractivity contribution < 1.29 is 18.0 Å². The first-order chi connectivity index (χ1) is 16.1. The monoisotopic (exact) mass is 541 g/mol. The number of amides is 2. The largest absolute Gasteiger partial charge is 0.350 e. The van der Waals surface area contributed by atoms with Gasteiger partial charge in [0.1, 0.15) is 12.6 Å². The van der Waals surface area contributed by atoms with Crippen molar-refractivity contribution in [1.82, 2.24) is 10.2 Å². The fraction of sp³-hybridized carbons (Fsp3) is 0.440. The molecular weight excluding hydrogens is 509 g/mol. The van der Waals surface area contributed by atoms with Crippen LogP contribution in [0.3, 0.4) is 0 Å². The van der Waals surface area contributed by atoms with Crippen molar-refractivity contribution >= 4 is 50.7 Å². The summed E-state index contributed by atoms with van der Waals surface area (Å²) in [5, 5.41) is 3.37. The molecule has 0 radical (unpaired) electrons. The van der Waals surface area contributed by atoms with Crippen LogP contribution in [0, 0.1) is 6.92 Å². The van der Waals surface area contributed by atoms with Crippen molar-refractivity contribution in [3.8, 4) is 0 Å². The molecule has 0 bridgehead atoms. The lowest BCUT2D eigenvalue weighted by atomic mass is 10.0. The van der Waals surface area contributed by atoms with Gasteiger partial charge >= 0.3 is 0 Å². The van der Waals surface area contributed by atoms with Gasteiger partial charge in [-0.05, 0) is 63.4 Å². The van der Waals surface area contributed by atoms with Gasteiger partial charge in [-0.2, -0.15) is 0 Å². The molecule has 2 aromatic carbocycles. The van der Waals surface area contributed by atoms with E-state index in [2.05, 4.69) is 5.32 Å². The van der Waals surface area contributed by atoms with E-state index >= 15 is 0 Å². The maximum Gasteiger partial charge on any atom is 0.244 e. The average molecular weight is 543 g/mol. The number of sulfonamides is 1. The Hall–Kier alpha value is -2.29. The van der Waals surface area contributed by atoms with Crippen molar-refractivity contribution in [2.75, 3.05) is 17.1 Å². The van der Waals surface area contributed by atoms with E-state index < -0.39 is 34.1 Å². The first-order valence-corrected chi connectivity index (χ1v) is 13.8. The minimum atomic E-state index is -3.86. The summed E-state index contributed by atoms with van der Waals surface area (Å²) in [6.45, 7) is 8.98. The zero-order valence-electron chi connectivity index (χ0n) is 20.9. The van der Waals surface area contributed by atoms with Gasteiger partial charge in [-0.25, -0.2) is 8.42 Å². The second-order valence-corrected chi connectivity index (χ2v) is 12.2. The van der Waals surface area contributed by atoms with Crippen LogP contribution in [-0.4, -0.2) is 49.5 Å². The van der Waals surface area contributed by atoms with Gasteiger partial charge in [0, 0.05) is 12.1 Å². The first-order valence-electron chi connectivity index (χ1n) is 11.2. The molecular formula is C25H33Cl2N3O4S. The Balaban J connectivity index is 2.49. The number of anilines is 1. The van der Waals surface area contributed by atoms with Gasteiger partial charge in [0.2, 0.25) is 21.8 Å². The van der Waals surface area contributed by atoms with E-state index in [1.165, 1.54) is 23.1 Å². The van der Waals surface area contributed by atoms with Crippen LogP contribution < -0.4 is 9.62 Å². The Bertz CT molecular complexity index is 1180. The van der Waals surface area contributed by atoms with Crippen LogP contribution in [0.5, 0.6) is 0 Å². The first kappa shape index (κ1) is 28.9. The van der Waals surface area contributed by atoms with E-state index in [0.717, 1.165) is 21.7 Å². The minimum absolute atomic E-state index is 0.153. The molecule has 192 valence electrons. The number of rotatable bonds is 9. The van der Waals surface area contributed by atoms with Crippen molar-refractivity contribution in [2.24, 2.45) is 0 Å². The highest BCUT2D eigenvalue weighted by molar-refractivity contribution is 7.92. The zero-order chi connectivity index (χ0) is 26.6. The lowest BCUT2D eigenvalue weighted by Crippen LogP contribution is -2.55. The van der Waals surface area contributed by atoms with Crippen LogP contribution in [0.4, 0.5) is 5.69 Å². The van der Waals surface area contributed by atoms with Gasteiger partial charge in [-0.3, -0.25) is 13.9 Å². The molecule has 0 heterocycles. The Morgan fingerprint density at radius 1 is 1.06 bits per heavy atom. The maximum atomic E-state index is 13.7. The van der Waals surface area contributed by atoms with Crippen LogP contribution in [-0.2, 0) is 26.2 Å². The van der Waals surface area contributed by atoms with E-state index in [1.54, 1.807) is 0 Å². The standard InChI is InChI=1S/C25H33Cl2N3O4S/c1-7-22(24(32)28-25(3,4)5)29(15-18-11-9-8-10-17(18)2)23(31)16-30(35(6,33)34)19-12-13-20(26)21(27)14-19/h8-14,22H,7,15-16H2,1-6H3,(H,28,32)/t22-/m1/s1. The summed E-state index contributed by atoms with van der Waals surface area (Å²) in [4.78, 5) is 28.3. The van der Waals surface area contributed by atoms with Crippen molar-refractivity contribution in [3.63, 3.8) is 0 Å². The normalized spacial score (nSPS) is 12.7. The quantitative estimate of drug-likeness (QED) is 0.494. The van der Waals surface area contributed by atoms with E-state index in [4.69, 9.17) is 23.2 Å². The number of carbonyl (C=O) groups excluding carboxylic acids is 2. The molecule has 0 spiro atoms. The molecule has 2 aromatic rings. The number of benzene rings is 2. The fourth-order valence-corrected chi connectivity index (χ4v) is 4.73. The van der Waals surface area contributed by atoms with Crippen molar-refractivity contribution in [1.29, 1.82) is 0 Å². The summed E-state index contributed by atoms with van der Waals surface area (Å²) in [5.74, 6) is -0.817. The minimum Gasteiger partial charge on any atom is -0.350 e. The number of aryl methyl sites for hydroxylation is 1. The highest BCUT2D eigenvalue weighted by Gasteiger charge is 2.33. The second-order valence-electron chi connectivity index (χ2n) is 9.48. The summed E-state index contributed by atoms with van der Waals surface area (Å²) >= 11 is 12.1. The SMILES string of the molecule is CC[C@H](C(=O)NC(C)(C)C)N(Cc1ccccc1C)C(=O)CN(c1ccc(Cl)c(Cl)c1)S(C)(=O)=O. The van der Waals surface area contributed by atoms with Gasteiger partial charge < -0.3 is 10.2 Å². The van der Waals surface area contributed by atoms with Gasteiger partial charge in [-0.1, -0.05) is 54.4 Å². The molecule has 0 aliphatic carbocycles. The highest BCUT2D eigenvalue weighted by Crippen LogP contribution is 2.29. The van der Waals surface area contributed by atoms with Gasteiger partial charge in [0.25, 0.3) is 0 Å². The Labute approximate surface area is 218 Å². The number of nitrogens with one attached hydrogen (secondary N) is 1. The molecule has 0 aliphatic rings. The topological polar surface area (TPSA) is 86.8 Å². The number of hydrogen-bond donors (Lipinski definition) is 1. The third-order valence-electron chi connectivity index (χ3n) is 5.36. The third-order valence-corrected chi connectivity index (χ3v) is 7.24. The molecule has 0 unspecified atom stereocenters. The second kappa shape index (κ2) is 11.6. The number of carbonyl (C=O) groups is 2. The van der Waals surface area contributed by atoms with Crippen molar-refractivity contribution in [2.45, 2.75) is 59.2 Å². The zero-order valence-corrected chi connectivity index (χ0v) is 23.3. The molecule has 1 atom stereocenters. The molecule has 1 N–H and O–H groups in total. The van der Waals surface area contributed by atoms with E-state index in [1.807, 2.05) is 58.9 Å². The van der Waals surface area contributed by atoms with Crippen LogP contribution in [0.15, 0.2) is 42.5 Å². The summed E-state index contributed by atoms with van der Waals surface area (Å²) in [6, 6.07) is 11.1. The van der Waals surface area contributed by atoms with E-state index in [0.29, 0.717) is 6.42 Å². The third kappa shape index (κ3) is 8.12. The molecule has 0 saturated carbocycles. The highest BCUT2D eigenvalue weighted by atomic mass is 35.5. The molecule has 0 aliphatic heterocycles. The van der Waals surface area contributed by atoms with E-state index in [-0.39, 0.29) is 28.2 Å². The molecule has 7 nitrogen and oxygen atoms in total. The fourth-order valence-electron chi connectivity index (χ4n) is 3.60. The smallest absolute Gasteiger partial charge is 0.244 e. The van der Waals surface area contributed by atoms with Crippen LogP contribution >= 0.6 is 23.2 Å². The van der Waals surface area contributed by atoms with Crippen LogP contribution in [0.2, 0.25) is 10.0 Å². The predicted octanol–water partition coefficient (Wildman–Crippen LogP) is 4.79. The maximum absolute atomic E-state index is 13.7. The lowest BCUT2D eigenvalue weighted by Gasteiger charge is -2.34. The number of hydrogen-bond acceptors (Lipinski definition) is 4. The van der Waals surface area contributed by atoms with Crippen LogP contribution in [0.25, 0.3) is 0 Å². The summed E-state index contributed by atoms with van der Waals surface area (Å²) < 4.78 is 26.3. The van der Waals surface area contributed by atoms with Gasteiger partial charge in [0.05, 0.1) is 22.0 Å². The molecule has 35 heavy (non-hydrogen) atoms. The van der Waals surface area contributed by atoms with Gasteiger partial charge in [-0.15, -0.1) is 0 Å². The predicted molar refractivity (Wildman–Crippen MR) is 142 cm³/mol. The number of halogens is 2. The number of nitrogens with zero attached hydrogens (tertiary/aromatic N) is 2. The van der Waals surface area contributed by atoms with Crippen LogP contribution in [0.1, 0.15) is 45.2 Å². The Morgan fingerprint density at radius 3 is 2.20 bits per heavy atom. The summed E-state index contributed by atoms with van der Waals surface area (Å²) in [6.07, 6.45) is 1.36. The Morgan fingerprint density at radius 2 is 1.69 bits per heavy atom. The Kier molecular flexibility index (Phi) is 9.62.